The van der Waals surface area contributed by atoms with Crippen LogP contribution in [0.4, 0.5) is 0 Å². The lowest BCUT2D eigenvalue weighted by atomic mass is 10.2. The molecule has 80 valence electrons. The molecule has 4 heteroatoms. The maximum atomic E-state index is 5.04. The summed E-state index contributed by atoms with van der Waals surface area (Å²) in [5, 5.41) is 3.66. The van der Waals surface area contributed by atoms with Crippen LogP contribution in [0.5, 0.6) is 5.88 Å². The van der Waals surface area contributed by atoms with Gasteiger partial charge in [0.15, 0.2) is 5.82 Å². The molecule has 1 aromatic carbocycles. The highest BCUT2D eigenvalue weighted by Crippen LogP contribution is 2.16. The highest BCUT2D eigenvalue weighted by Gasteiger charge is 2.02. The number of aromatic nitrogens is 2. The van der Waals surface area contributed by atoms with Crippen molar-refractivity contribution in [2.45, 2.75) is 6.92 Å². The van der Waals surface area contributed by atoms with Crippen molar-refractivity contribution >= 4 is 6.21 Å². The monoisotopic (exact) mass is 213 g/mol. The van der Waals surface area contributed by atoms with Gasteiger partial charge >= 0.3 is 0 Å². The highest BCUT2D eigenvalue weighted by atomic mass is 16.6. The molecule has 16 heavy (non-hydrogen) atoms. The molecule has 0 saturated heterocycles. The van der Waals surface area contributed by atoms with E-state index in [1.807, 2.05) is 30.3 Å². The van der Waals surface area contributed by atoms with Crippen LogP contribution in [-0.2, 0) is 0 Å². The van der Waals surface area contributed by atoms with E-state index in [0.717, 1.165) is 5.56 Å². The Bertz CT molecular complexity index is 483. The minimum Gasteiger partial charge on any atom is -0.337 e. The van der Waals surface area contributed by atoms with Crippen LogP contribution in [0.15, 0.2) is 47.8 Å². The molecule has 0 spiro atoms. The Kier molecular flexibility index (Phi) is 3.23. The fraction of sp³-hybridized carbons (Fsp3) is 0.0833. The zero-order valence-corrected chi connectivity index (χ0v) is 8.87. The minimum atomic E-state index is 0.437. The lowest BCUT2D eigenvalue weighted by Crippen LogP contribution is -1.92. The normalized spacial score (nSPS) is 10.6. The molecule has 1 aromatic heterocycles. The summed E-state index contributed by atoms with van der Waals surface area (Å²) in [6, 6.07) is 11.4. The van der Waals surface area contributed by atoms with Gasteiger partial charge in [-0.3, -0.25) is 0 Å². The maximum Gasteiger partial charge on any atom is 0.252 e. The number of hydrogen-bond donors (Lipinski definition) is 0. The molecule has 2 aromatic rings. The Labute approximate surface area is 93.6 Å². The third-order valence-corrected chi connectivity index (χ3v) is 1.91. The topological polar surface area (TPSA) is 47.4 Å². The van der Waals surface area contributed by atoms with Crippen LogP contribution in [0, 0.1) is 0 Å². The molecule has 0 bridgehead atoms. The average molecular weight is 213 g/mol. The average Bonchev–Trinajstić information content (AvgIpc) is 2.38. The van der Waals surface area contributed by atoms with Crippen molar-refractivity contribution in [2.24, 2.45) is 5.16 Å². The van der Waals surface area contributed by atoms with E-state index in [1.165, 1.54) is 0 Å². The van der Waals surface area contributed by atoms with Gasteiger partial charge in [-0.15, -0.1) is 0 Å². The van der Waals surface area contributed by atoms with Gasteiger partial charge in [0.05, 0.1) is 0 Å². The number of rotatable bonds is 3. The summed E-state index contributed by atoms with van der Waals surface area (Å²) in [7, 11) is 0. The van der Waals surface area contributed by atoms with Crippen molar-refractivity contribution in [3.8, 4) is 17.3 Å². The van der Waals surface area contributed by atoms with Gasteiger partial charge < -0.3 is 4.84 Å². The molecule has 0 radical (unpaired) electrons. The van der Waals surface area contributed by atoms with Crippen molar-refractivity contribution in [3.63, 3.8) is 0 Å². The van der Waals surface area contributed by atoms with Crippen LogP contribution in [0.3, 0.4) is 0 Å². The molecule has 1 heterocycles. The largest absolute Gasteiger partial charge is 0.337 e. The van der Waals surface area contributed by atoms with Crippen molar-refractivity contribution in [1.29, 1.82) is 0 Å². The predicted molar refractivity (Wildman–Crippen MR) is 62.3 cm³/mol. The molecule has 2 rings (SSSR count). The number of oxime groups is 1. The van der Waals surface area contributed by atoms with Crippen LogP contribution in [0.1, 0.15) is 6.92 Å². The van der Waals surface area contributed by atoms with Crippen molar-refractivity contribution in [1.82, 2.24) is 9.97 Å². The van der Waals surface area contributed by atoms with Gasteiger partial charge in [0, 0.05) is 24.0 Å². The number of hydrogen-bond acceptors (Lipinski definition) is 4. The Morgan fingerprint density at radius 3 is 2.75 bits per heavy atom. The molecule has 4 nitrogen and oxygen atoms in total. The molecule has 0 atom stereocenters. The van der Waals surface area contributed by atoms with Crippen LogP contribution < -0.4 is 4.84 Å². The molecule has 0 fully saturated rings. The maximum absolute atomic E-state index is 5.04. The zero-order chi connectivity index (χ0) is 11.2. The smallest absolute Gasteiger partial charge is 0.252 e. The summed E-state index contributed by atoms with van der Waals surface area (Å²) in [5.74, 6) is 1.07. The molecule has 0 saturated carbocycles. The predicted octanol–water partition coefficient (Wildman–Crippen LogP) is 2.53. The van der Waals surface area contributed by atoms with E-state index in [9.17, 15) is 0 Å². The molecule has 0 aliphatic rings. The Morgan fingerprint density at radius 2 is 2.00 bits per heavy atom. The Hall–Kier alpha value is -2.23. The first kappa shape index (κ1) is 10.3. The van der Waals surface area contributed by atoms with E-state index < -0.39 is 0 Å². The molecule has 0 unspecified atom stereocenters. The lowest BCUT2D eigenvalue weighted by molar-refractivity contribution is 0.329. The molecular weight excluding hydrogens is 202 g/mol. The molecule has 0 aliphatic carbocycles. The van der Waals surface area contributed by atoms with Gasteiger partial charge in [-0.05, 0) is 6.92 Å². The van der Waals surface area contributed by atoms with E-state index in [2.05, 4.69) is 15.1 Å². The van der Waals surface area contributed by atoms with E-state index in [-0.39, 0.29) is 0 Å². The van der Waals surface area contributed by atoms with E-state index >= 15 is 0 Å². The zero-order valence-electron chi connectivity index (χ0n) is 8.87. The summed E-state index contributed by atoms with van der Waals surface area (Å²) in [6.45, 7) is 1.78. The first-order valence-electron chi connectivity index (χ1n) is 4.93. The minimum absolute atomic E-state index is 0.437. The van der Waals surface area contributed by atoms with Crippen molar-refractivity contribution in [3.05, 3.63) is 42.6 Å². The molecule has 0 N–H and O–H groups in total. The Balaban J connectivity index is 2.29. The van der Waals surface area contributed by atoms with Crippen LogP contribution in [0.25, 0.3) is 11.4 Å². The second-order valence-corrected chi connectivity index (χ2v) is 3.04. The second kappa shape index (κ2) is 5.02. The van der Waals surface area contributed by atoms with Crippen LogP contribution in [-0.4, -0.2) is 16.2 Å². The lowest BCUT2D eigenvalue weighted by Gasteiger charge is -2.01. The Morgan fingerprint density at radius 1 is 1.19 bits per heavy atom. The van der Waals surface area contributed by atoms with E-state index in [1.54, 1.807) is 25.4 Å². The quantitative estimate of drug-likeness (QED) is 0.581. The fourth-order valence-corrected chi connectivity index (χ4v) is 1.23. The standard InChI is InChI=1S/C12H11N3O/c1-2-14-16-11-8-9-13-12(15-11)10-6-4-3-5-7-10/h2-9H,1H3/b14-2+. The summed E-state index contributed by atoms with van der Waals surface area (Å²) in [5.41, 5.74) is 0.952. The van der Waals surface area contributed by atoms with Gasteiger partial charge in [-0.1, -0.05) is 35.5 Å². The second-order valence-electron chi connectivity index (χ2n) is 3.04. The van der Waals surface area contributed by atoms with Gasteiger partial charge in [-0.2, -0.15) is 4.98 Å². The first-order valence-corrected chi connectivity index (χ1v) is 4.93. The molecular formula is C12H11N3O. The summed E-state index contributed by atoms with van der Waals surface area (Å²) in [6.07, 6.45) is 3.21. The molecule has 0 aliphatic heterocycles. The summed E-state index contributed by atoms with van der Waals surface area (Å²) in [4.78, 5) is 13.4. The van der Waals surface area contributed by atoms with E-state index in [4.69, 9.17) is 4.84 Å². The van der Waals surface area contributed by atoms with E-state index in [0.29, 0.717) is 11.7 Å². The highest BCUT2D eigenvalue weighted by molar-refractivity contribution is 5.55. The van der Waals surface area contributed by atoms with Gasteiger partial charge in [-0.25, -0.2) is 4.98 Å². The summed E-state index contributed by atoms with van der Waals surface area (Å²) < 4.78 is 0. The SMILES string of the molecule is C/C=N/Oc1ccnc(-c2ccccc2)n1. The van der Waals surface area contributed by atoms with Crippen LogP contribution in [0.2, 0.25) is 0 Å². The first-order chi connectivity index (χ1) is 7.90. The van der Waals surface area contributed by atoms with Gasteiger partial charge in [0.2, 0.25) is 0 Å². The number of benzene rings is 1. The molecule has 0 amide bonds. The third kappa shape index (κ3) is 2.42. The fourth-order valence-electron chi connectivity index (χ4n) is 1.23. The van der Waals surface area contributed by atoms with Crippen molar-refractivity contribution in [2.75, 3.05) is 0 Å². The van der Waals surface area contributed by atoms with Crippen molar-refractivity contribution < 1.29 is 4.84 Å². The summed E-state index contributed by atoms with van der Waals surface area (Å²) >= 11 is 0. The third-order valence-electron chi connectivity index (χ3n) is 1.91. The van der Waals surface area contributed by atoms with Gasteiger partial charge in [0.25, 0.3) is 5.88 Å². The van der Waals surface area contributed by atoms with Gasteiger partial charge in [0.1, 0.15) is 0 Å². The number of nitrogens with zero attached hydrogens (tertiary/aromatic N) is 3. The van der Waals surface area contributed by atoms with Crippen LogP contribution >= 0.6 is 0 Å².